The van der Waals surface area contributed by atoms with Crippen molar-refractivity contribution in [2.45, 2.75) is 44.2 Å². The molecule has 0 spiro atoms. The van der Waals surface area contributed by atoms with Crippen LogP contribution in [0.15, 0.2) is 24.3 Å². The standard InChI is InChI=1S/C14H17FO2/c1-10(13(16)17)11-4-6-12(7-5-11)14(15)8-2-3-9-14/h4-7,10H,2-3,8-9H2,1H3,(H,16,17). The van der Waals surface area contributed by atoms with Gasteiger partial charge in [0.1, 0.15) is 5.67 Å². The highest BCUT2D eigenvalue weighted by Crippen LogP contribution is 2.42. The van der Waals surface area contributed by atoms with Crippen molar-refractivity contribution >= 4 is 5.97 Å². The second-order valence-corrected chi connectivity index (χ2v) is 4.85. The monoisotopic (exact) mass is 236 g/mol. The molecule has 2 rings (SSSR count). The zero-order chi connectivity index (χ0) is 12.5. The summed E-state index contributed by atoms with van der Waals surface area (Å²) in [6.45, 7) is 1.64. The average molecular weight is 236 g/mol. The number of carbonyl (C=O) groups is 1. The Kier molecular flexibility index (Phi) is 3.18. The van der Waals surface area contributed by atoms with Crippen LogP contribution < -0.4 is 0 Å². The van der Waals surface area contributed by atoms with Crippen molar-refractivity contribution in [3.05, 3.63) is 35.4 Å². The van der Waals surface area contributed by atoms with Gasteiger partial charge >= 0.3 is 5.97 Å². The van der Waals surface area contributed by atoms with E-state index in [0.29, 0.717) is 18.4 Å². The van der Waals surface area contributed by atoms with E-state index in [9.17, 15) is 9.18 Å². The molecule has 1 aromatic carbocycles. The molecule has 1 N–H and O–H groups in total. The summed E-state index contributed by atoms with van der Waals surface area (Å²) < 4.78 is 14.4. The number of hydrogen-bond donors (Lipinski definition) is 1. The van der Waals surface area contributed by atoms with Gasteiger partial charge in [-0.25, -0.2) is 4.39 Å². The van der Waals surface area contributed by atoms with E-state index in [0.717, 1.165) is 18.4 Å². The van der Waals surface area contributed by atoms with Gasteiger partial charge in [0.25, 0.3) is 0 Å². The first-order valence-corrected chi connectivity index (χ1v) is 6.05. The lowest BCUT2D eigenvalue weighted by Crippen LogP contribution is -2.15. The van der Waals surface area contributed by atoms with Crippen LogP contribution in [0, 0.1) is 0 Å². The van der Waals surface area contributed by atoms with Crippen LogP contribution in [0.25, 0.3) is 0 Å². The van der Waals surface area contributed by atoms with E-state index < -0.39 is 17.6 Å². The molecular formula is C14H17FO2. The summed E-state index contributed by atoms with van der Waals surface area (Å²) in [7, 11) is 0. The lowest BCUT2D eigenvalue weighted by Gasteiger charge is -2.20. The van der Waals surface area contributed by atoms with Gasteiger partial charge in [-0.15, -0.1) is 0 Å². The van der Waals surface area contributed by atoms with Crippen LogP contribution in [0.4, 0.5) is 4.39 Å². The molecular weight excluding hydrogens is 219 g/mol. The predicted octanol–water partition coefficient (Wildman–Crippen LogP) is 3.61. The smallest absolute Gasteiger partial charge is 0.310 e. The van der Waals surface area contributed by atoms with Crippen molar-refractivity contribution in [1.29, 1.82) is 0 Å². The third-order valence-corrected chi connectivity index (χ3v) is 3.69. The van der Waals surface area contributed by atoms with E-state index >= 15 is 0 Å². The van der Waals surface area contributed by atoms with Gasteiger partial charge in [-0.1, -0.05) is 24.3 Å². The van der Waals surface area contributed by atoms with Crippen molar-refractivity contribution in [1.82, 2.24) is 0 Å². The maximum atomic E-state index is 14.4. The Morgan fingerprint density at radius 3 is 2.29 bits per heavy atom. The Hall–Kier alpha value is -1.38. The van der Waals surface area contributed by atoms with Crippen molar-refractivity contribution in [3.63, 3.8) is 0 Å². The Morgan fingerprint density at radius 1 is 1.29 bits per heavy atom. The van der Waals surface area contributed by atoms with E-state index in [1.807, 2.05) is 0 Å². The summed E-state index contributed by atoms with van der Waals surface area (Å²) in [5, 5.41) is 8.89. The minimum Gasteiger partial charge on any atom is -0.481 e. The largest absolute Gasteiger partial charge is 0.481 e. The molecule has 1 aromatic rings. The number of aliphatic carboxylic acids is 1. The molecule has 0 radical (unpaired) electrons. The average Bonchev–Trinajstić information content (AvgIpc) is 2.76. The third kappa shape index (κ3) is 2.33. The highest BCUT2D eigenvalue weighted by molar-refractivity contribution is 5.75. The van der Waals surface area contributed by atoms with Crippen molar-refractivity contribution in [2.24, 2.45) is 0 Å². The fourth-order valence-corrected chi connectivity index (χ4v) is 2.44. The Balaban J connectivity index is 2.21. The van der Waals surface area contributed by atoms with Gasteiger partial charge in [-0.05, 0) is 43.7 Å². The third-order valence-electron chi connectivity index (χ3n) is 3.69. The summed E-state index contributed by atoms with van der Waals surface area (Å²) in [5.74, 6) is -1.39. The molecule has 2 nitrogen and oxygen atoms in total. The van der Waals surface area contributed by atoms with Gasteiger partial charge < -0.3 is 5.11 Å². The number of rotatable bonds is 3. The van der Waals surface area contributed by atoms with Crippen LogP contribution in [0.3, 0.4) is 0 Å². The van der Waals surface area contributed by atoms with Gasteiger partial charge in [-0.3, -0.25) is 4.79 Å². The second-order valence-electron chi connectivity index (χ2n) is 4.85. The first kappa shape index (κ1) is 12.1. The van der Waals surface area contributed by atoms with Crippen LogP contribution in [-0.2, 0) is 10.5 Å². The molecule has 3 heteroatoms. The summed E-state index contributed by atoms with van der Waals surface area (Å²) in [6.07, 6.45) is 3.04. The highest BCUT2D eigenvalue weighted by Gasteiger charge is 2.35. The quantitative estimate of drug-likeness (QED) is 0.870. The van der Waals surface area contributed by atoms with Gasteiger partial charge in [0.05, 0.1) is 5.92 Å². The zero-order valence-corrected chi connectivity index (χ0v) is 9.95. The number of alkyl halides is 1. The van der Waals surface area contributed by atoms with E-state index in [1.165, 1.54) is 0 Å². The van der Waals surface area contributed by atoms with E-state index in [-0.39, 0.29) is 0 Å². The molecule has 1 atom stereocenters. The molecule has 0 saturated heterocycles. The lowest BCUT2D eigenvalue weighted by molar-refractivity contribution is -0.138. The molecule has 1 saturated carbocycles. The van der Waals surface area contributed by atoms with Crippen molar-refractivity contribution in [3.8, 4) is 0 Å². The molecule has 1 unspecified atom stereocenters. The summed E-state index contributed by atoms with van der Waals surface area (Å²) in [5.41, 5.74) is 0.226. The fraction of sp³-hybridized carbons (Fsp3) is 0.500. The summed E-state index contributed by atoms with van der Waals surface area (Å²) in [6, 6.07) is 6.93. The van der Waals surface area contributed by atoms with Gasteiger partial charge in [0.2, 0.25) is 0 Å². The van der Waals surface area contributed by atoms with Crippen molar-refractivity contribution < 1.29 is 14.3 Å². The summed E-state index contributed by atoms with van der Waals surface area (Å²) in [4.78, 5) is 10.8. The molecule has 1 fully saturated rings. The molecule has 17 heavy (non-hydrogen) atoms. The molecule has 92 valence electrons. The number of hydrogen-bond acceptors (Lipinski definition) is 1. The Morgan fingerprint density at radius 2 is 1.82 bits per heavy atom. The van der Waals surface area contributed by atoms with Crippen LogP contribution in [0.2, 0.25) is 0 Å². The topological polar surface area (TPSA) is 37.3 Å². The van der Waals surface area contributed by atoms with E-state index in [2.05, 4.69) is 0 Å². The summed E-state index contributed by atoms with van der Waals surface area (Å²) >= 11 is 0. The minimum absolute atomic E-state index is 0.539. The van der Waals surface area contributed by atoms with Gasteiger partial charge in [-0.2, -0.15) is 0 Å². The number of carboxylic acid groups (broad SMARTS) is 1. The Bertz CT molecular complexity index is 405. The zero-order valence-electron chi connectivity index (χ0n) is 9.95. The SMILES string of the molecule is CC(C(=O)O)c1ccc(C2(F)CCCC2)cc1. The minimum atomic E-state index is -1.19. The van der Waals surface area contributed by atoms with Crippen LogP contribution in [-0.4, -0.2) is 11.1 Å². The van der Waals surface area contributed by atoms with Gasteiger partial charge in [0, 0.05) is 0 Å². The van der Waals surface area contributed by atoms with E-state index in [4.69, 9.17) is 5.11 Å². The first-order valence-electron chi connectivity index (χ1n) is 6.05. The lowest BCUT2D eigenvalue weighted by atomic mass is 9.91. The molecule has 1 aliphatic carbocycles. The maximum absolute atomic E-state index is 14.4. The van der Waals surface area contributed by atoms with Crippen LogP contribution in [0.5, 0.6) is 0 Å². The molecule has 0 bridgehead atoms. The van der Waals surface area contributed by atoms with Gasteiger partial charge in [0.15, 0.2) is 0 Å². The number of benzene rings is 1. The molecule has 0 heterocycles. The molecule has 0 aliphatic heterocycles. The highest BCUT2D eigenvalue weighted by atomic mass is 19.1. The second kappa shape index (κ2) is 4.47. The Labute approximate surface area is 100 Å². The molecule has 0 aromatic heterocycles. The van der Waals surface area contributed by atoms with Crippen LogP contribution in [0.1, 0.15) is 49.7 Å². The van der Waals surface area contributed by atoms with Crippen molar-refractivity contribution in [2.75, 3.05) is 0 Å². The predicted molar refractivity (Wildman–Crippen MR) is 63.7 cm³/mol. The number of halogens is 1. The first-order chi connectivity index (χ1) is 8.03. The van der Waals surface area contributed by atoms with E-state index in [1.54, 1.807) is 31.2 Å². The fourth-order valence-electron chi connectivity index (χ4n) is 2.44. The normalized spacial score (nSPS) is 20.1. The number of carboxylic acids is 1. The van der Waals surface area contributed by atoms with Crippen LogP contribution >= 0.6 is 0 Å². The maximum Gasteiger partial charge on any atom is 0.310 e. The molecule has 1 aliphatic rings. The molecule has 0 amide bonds.